The van der Waals surface area contributed by atoms with Gasteiger partial charge in [0.05, 0.1) is 6.10 Å². The molecule has 1 heterocycles. The summed E-state index contributed by atoms with van der Waals surface area (Å²) in [7, 11) is 0. The number of aromatic nitrogens is 2. The maximum Gasteiger partial charge on any atom is 0.252 e. The van der Waals surface area contributed by atoms with E-state index in [1.165, 1.54) is 0 Å². The Morgan fingerprint density at radius 1 is 1.50 bits per heavy atom. The molecule has 1 saturated carbocycles. The lowest BCUT2D eigenvalue weighted by atomic mass is 10.2. The van der Waals surface area contributed by atoms with Crippen molar-refractivity contribution in [3.63, 3.8) is 0 Å². The highest BCUT2D eigenvalue weighted by Crippen LogP contribution is 2.21. The van der Waals surface area contributed by atoms with Gasteiger partial charge < -0.3 is 15.0 Å². The third kappa shape index (κ3) is 2.80. The van der Waals surface area contributed by atoms with Crippen LogP contribution in [0.5, 0.6) is 0 Å². The van der Waals surface area contributed by atoms with Gasteiger partial charge in [0.25, 0.3) is 5.89 Å². The van der Waals surface area contributed by atoms with Gasteiger partial charge in [-0.1, -0.05) is 19.0 Å². The van der Waals surface area contributed by atoms with Crippen LogP contribution in [0.25, 0.3) is 0 Å². The molecule has 0 amide bonds. The van der Waals surface area contributed by atoms with Crippen LogP contribution < -0.4 is 5.73 Å². The van der Waals surface area contributed by atoms with Crippen LogP contribution in [0.2, 0.25) is 0 Å². The first-order valence-electron chi connectivity index (χ1n) is 5.85. The molecular weight excluding hydrogens is 206 g/mol. The van der Waals surface area contributed by atoms with Crippen molar-refractivity contribution >= 4 is 0 Å². The molecule has 0 bridgehead atoms. The zero-order valence-corrected chi connectivity index (χ0v) is 9.85. The summed E-state index contributed by atoms with van der Waals surface area (Å²) in [5, 5.41) is 3.89. The minimum absolute atomic E-state index is 0.254. The molecule has 90 valence electrons. The van der Waals surface area contributed by atoms with E-state index in [2.05, 4.69) is 10.1 Å². The quantitative estimate of drug-likeness (QED) is 0.842. The monoisotopic (exact) mass is 225 g/mol. The second kappa shape index (κ2) is 4.93. The summed E-state index contributed by atoms with van der Waals surface area (Å²) in [6.45, 7) is 4.47. The molecule has 2 N–H and O–H groups in total. The third-order valence-corrected chi connectivity index (χ3v) is 2.87. The van der Waals surface area contributed by atoms with Crippen LogP contribution in [-0.4, -0.2) is 22.3 Å². The Bertz CT molecular complexity index is 338. The SMILES string of the molecule is CC(C)c1noc(COC2CCC(N)C2)n1. The summed E-state index contributed by atoms with van der Waals surface area (Å²) in [5.74, 6) is 1.59. The molecule has 0 saturated heterocycles. The molecule has 1 aromatic heterocycles. The lowest BCUT2D eigenvalue weighted by Crippen LogP contribution is -2.17. The summed E-state index contributed by atoms with van der Waals surface area (Å²) in [6.07, 6.45) is 3.27. The van der Waals surface area contributed by atoms with Gasteiger partial charge in [-0.2, -0.15) is 4.98 Å². The molecule has 2 rings (SSSR count). The Kier molecular flexibility index (Phi) is 3.56. The highest BCUT2D eigenvalue weighted by atomic mass is 16.5. The Balaban J connectivity index is 1.80. The summed E-state index contributed by atoms with van der Waals surface area (Å²) >= 11 is 0. The average molecular weight is 225 g/mol. The highest BCUT2D eigenvalue weighted by molar-refractivity contribution is 4.90. The molecule has 1 fully saturated rings. The Morgan fingerprint density at radius 2 is 2.31 bits per heavy atom. The summed E-state index contributed by atoms with van der Waals surface area (Å²) in [6, 6.07) is 0.291. The number of nitrogens with two attached hydrogens (primary N) is 1. The van der Waals surface area contributed by atoms with E-state index < -0.39 is 0 Å². The van der Waals surface area contributed by atoms with Crippen LogP contribution >= 0.6 is 0 Å². The zero-order valence-electron chi connectivity index (χ0n) is 9.85. The first-order valence-corrected chi connectivity index (χ1v) is 5.85. The van der Waals surface area contributed by atoms with Gasteiger partial charge in [-0.3, -0.25) is 0 Å². The molecule has 0 radical (unpaired) electrons. The van der Waals surface area contributed by atoms with E-state index in [9.17, 15) is 0 Å². The minimum atomic E-state index is 0.254. The molecule has 5 nitrogen and oxygen atoms in total. The maximum absolute atomic E-state index is 5.81. The molecule has 0 aromatic carbocycles. The van der Waals surface area contributed by atoms with Crippen LogP contribution in [0.3, 0.4) is 0 Å². The van der Waals surface area contributed by atoms with Gasteiger partial charge in [-0.05, 0) is 19.3 Å². The normalized spacial score (nSPS) is 25.5. The maximum atomic E-state index is 5.81. The fourth-order valence-electron chi connectivity index (χ4n) is 1.88. The summed E-state index contributed by atoms with van der Waals surface area (Å²) in [4.78, 5) is 4.26. The molecule has 1 aliphatic carbocycles. The van der Waals surface area contributed by atoms with Crippen LogP contribution in [0.15, 0.2) is 4.52 Å². The van der Waals surface area contributed by atoms with Gasteiger partial charge in [-0.15, -0.1) is 0 Å². The smallest absolute Gasteiger partial charge is 0.252 e. The van der Waals surface area contributed by atoms with Gasteiger partial charge in [0.2, 0.25) is 0 Å². The lowest BCUT2D eigenvalue weighted by Gasteiger charge is -2.08. The van der Waals surface area contributed by atoms with E-state index in [1.54, 1.807) is 0 Å². The van der Waals surface area contributed by atoms with Crippen molar-refractivity contribution in [3.8, 4) is 0 Å². The van der Waals surface area contributed by atoms with E-state index in [0.717, 1.165) is 25.1 Å². The Morgan fingerprint density at radius 3 is 2.88 bits per heavy atom. The van der Waals surface area contributed by atoms with Crippen LogP contribution in [-0.2, 0) is 11.3 Å². The van der Waals surface area contributed by atoms with Crippen molar-refractivity contribution < 1.29 is 9.26 Å². The van der Waals surface area contributed by atoms with Crippen LogP contribution in [0.1, 0.15) is 50.7 Å². The topological polar surface area (TPSA) is 74.2 Å². The molecule has 16 heavy (non-hydrogen) atoms. The summed E-state index contributed by atoms with van der Waals surface area (Å²) in [5.41, 5.74) is 5.81. The number of nitrogens with zero attached hydrogens (tertiary/aromatic N) is 2. The van der Waals surface area contributed by atoms with Crippen molar-refractivity contribution in [1.29, 1.82) is 0 Å². The largest absolute Gasteiger partial charge is 0.368 e. The number of hydrogen-bond donors (Lipinski definition) is 1. The first-order chi connectivity index (χ1) is 7.65. The second-order valence-corrected chi connectivity index (χ2v) is 4.71. The second-order valence-electron chi connectivity index (χ2n) is 4.71. The molecule has 1 aliphatic rings. The minimum Gasteiger partial charge on any atom is -0.368 e. The number of hydrogen-bond acceptors (Lipinski definition) is 5. The van der Waals surface area contributed by atoms with Crippen molar-refractivity contribution in [3.05, 3.63) is 11.7 Å². The lowest BCUT2D eigenvalue weighted by molar-refractivity contribution is 0.0298. The predicted octanol–water partition coefficient (Wildman–Crippen LogP) is 1.59. The van der Waals surface area contributed by atoms with Crippen molar-refractivity contribution in [2.45, 2.75) is 57.8 Å². The highest BCUT2D eigenvalue weighted by Gasteiger charge is 2.23. The number of ether oxygens (including phenoxy) is 1. The molecule has 2 unspecified atom stereocenters. The van der Waals surface area contributed by atoms with Crippen molar-refractivity contribution in [2.24, 2.45) is 5.73 Å². The van der Waals surface area contributed by atoms with E-state index in [1.807, 2.05) is 13.8 Å². The fraction of sp³-hybridized carbons (Fsp3) is 0.818. The average Bonchev–Trinajstić information content (AvgIpc) is 2.83. The van der Waals surface area contributed by atoms with Crippen LogP contribution in [0.4, 0.5) is 0 Å². The van der Waals surface area contributed by atoms with Crippen molar-refractivity contribution in [2.75, 3.05) is 0 Å². The Labute approximate surface area is 95.3 Å². The van der Waals surface area contributed by atoms with Gasteiger partial charge in [0.1, 0.15) is 6.61 Å². The number of rotatable bonds is 4. The van der Waals surface area contributed by atoms with Crippen molar-refractivity contribution in [1.82, 2.24) is 10.1 Å². The van der Waals surface area contributed by atoms with E-state index in [0.29, 0.717) is 18.5 Å². The first kappa shape index (κ1) is 11.5. The predicted molar refractivity (Wildman–Crippen MR) is 58.8 cm³/mol. The molecule has 0 aliphatic heterocycles. The third-order valence-electron chi connectivity index (χ3n) is 2.87. The van der Waals surface area contributed by atoms with Gasteiger partial charge in [-0.25, -0.2) is 0 Å². The van der Waals surface area contributed by atoms with E-state index >= 15 is 0 Å². The fourth-order valence-corrected chi connectivity index (χ4v) is 1.88. The summed E-state index contributed by atoms with van der Waals surface area (Å²) < 4.78 is 10.8. The molecule has 0 spiro atoms. The van der Waals surface area contributed by atoms with E-state index in [-0.39, 0.29) is 12.0 Å². The molecular formula is C11H19N3O2. The molecule has 2 atom stereocenters. The van der Waals surface area contributed by atoms with Gasteiger partial charge in [0.15, 0.2) is 5.82 Å². The standard InChI is InChI=1S/C11H19N3O2/c1-7(2)11-13-10(16-14-11)6-15-9-4-3-8(12)5-9/h7-9H,3-6,12H2,1-2H3. The van der Waals surface area contributed by atoms with E-state index in [4.69, 9.17) is 15.0 Å². The Hall–Kier alpha value is -0.940. The van der Waals surface area contributed by atoms with Crippen LogP contribution in [0, 0.1) is 0 Å². The molecule has 5 heteroatoms. The van der Waals surface area contributed by atoms with Gasteiger partial charge in [0, 0.05) is 12.0 Å². The molecule has 1 aromatic rings. The van der Waals surface area contributed by atoms with Gasteiger partial charge >= 0.3 is 0 Å². The zero-order chi connectivity index (χ0) is 11.5.